The maximum absolute atomic E-state index is 12.6. The predicted octanol–water partition coefficient (Wildman–Crippen LogP) is 3.20. The second kappa shape index (κ2) is 6.09. The van der Waals surface area contributed by atoms with Gasteiger partial charge in [0.05, 0.1) is 28.6 Å². The lowest BCUT2D eigenvalue weighted by Crippen LogP contribution is -2.03. The van der Waals surface area contributed by atoms with E-state index >= 15 is 0 Å². The first-order chi connectivity index (χ1) is 9.52. The molecular formula is C16H19NO2S. The number of aryl methyl sites for hydroxylation is 2. The first-order valence-corrected chi connectivity index (χ1v) is 7.72. The van der Waals surface area contributed by atoms with Crippen LogP contribution in [-0.4, -0.2) is 11.3 Å². The van der Waals surface area contributed by atoms with Gasteiger partial charge < -0.3 is 10.5 Å². The first-order valence-electron chi connectivity index (χ1n) is 6.40. The number of benzene rings is 2. The van der Waals surface area contributed by atoms with Crippen molar-refractivity contribution in [2.45, 2.75) is 24.5 Å². The second-order valence-electron chi connectivity index (χ2n) is 4.77. The molecule has 20 heavy (non-hydrogen) atoms. The van der Waals surface area contributed by atoms with Crippen molar-refractivity contribution in [3.05, 3.63) is 53.1 Å². The Labute approximate surface area is 122 Å². The van der Waals surface area contributed by atoms with Gasteiger partial charge in [0.15, 0.2) is 0 Å². The lowest BCUT2D eigenvalue weighted by atomic mass is 10.1. The van der Waals surface area contributed by atoms with Crippen molar-refractivity contribution in [2.75, 3.05) is 12.8 Å². The van der Waals surface area contributed by atoms with Crippen molar-refractivity contribution in [3.8, 4) is 5.75 Å². The highest BCUT2D eigenvalue weighted by atomic mass is 32.2. The Morgan fingerprint density at radius 2 is 1.80 bits per heavy atom. The smallest absolute Gasteiger partial charge is 0.137 e. The molecule has 0 aromatic heterocycles. The van der Waals surface area contributed by atoms with E-state index in [2.05, 4.69) is 0 Å². The van der Waals surface area contributed by atoms with E-state index in [0.29, 0.717) is 22.1 Å². The summed E-state index contributed by atoms with van der Waals surface area (Å²) in [7, 11) is 0.409. The number of ether oxygens (including phenoxy) is 1. The van der Waals surface area contributed by atoms with Crippen LogP contribution in [0, 0.1) is 13.8 Å². The topological polar surface area (TPSA) is 52.3 Å². The number of rotatable bonds is 4. The van der Waals surface area contributed by atoms with Gasteiger partial charge in [0.25, 0.3) is 0 Å². The number of hydrogen-bond donors (Lipinski definition) is 1. The van der Waals surface area contributed by atoms with Crippen LogP contribution in [-0.2, 0) is 16.6 Å². The Morgan fingerprint density at radius 3 is 2.40 bits per heavy atom. The first kappa shape index (κ1) is 14.6. The Bertz CT molecular complexity index is 633. The van der Waals surface area contributed by atoms with E-state index in [9.17, 15) is 4.21 Å². The number of nitrogens with two attached hydrogens (primary N) is 1. The van der Waals surface area contributed by atoms with E-state index in [0.717, 1.165) is 16.7 Å². The van der Waals surface area contributed by atoms with Gasteiger partial charge in [0.1, 0.15) is 5.75 Å². The molecule has 0 saturated carbocycles. The lowest BCUT2D eigenvalue weighted by molar-refractivity contribution is 0.404. The van der Waals surface area contributed by atoms with Gasteiger partial charge in [0.2, 0.25) is 0 Å². The average Bonchev–Trinajstić information content (AvgIpc) is 2.42. The Balaban J connectivity index is 2.33. The van der Waals surface area contributed by atoms with Gasteiger partial charge in [-0.1, -0.05) is 18.2 Å². The lowest BCUT2D eigenvalue weighted by Gasteiger charge is -2.12. The van der Waals surface area contributed by atoms with Crippen molar-refractivity contribution in [1.29, 1.82) is 0 Å². The molecule has 2 N–H and O–H groups in total. The van der Waals surface area contributed by atoms with Crippen LogP contribution in [0.3, 0.4) is 0 Å². The van der Waals surface area contributed by atoms with Gasteiger partial charge in [-0.25, -0.2) is 0 Å². The summed E-state index contributed by atoms with van der Waals surface area (Å²) >= 11 is 0. The van der Waals surface area contributed by atoms with Gasteiger partial charge in [-0.2, -0.15) is 0 Å². The highest BCUT2D eigenvalue weighted by molar-refractivity contribution is 7.84. The van der Waals surface area contributed by atoms with Gasteiger partial charge in [-0.05, 0) is 42.7 Å². The molecule has 4 heteroatoms. The zero-order valence-electron chi connectivity index (χ0n) is 12.0. The molecule has 1 unspecified atom stereocenters. The second-order valence-corrected chi connectivity index (χ2v) is 6.19. The van der Waals surface area contributed by atoms with Crippen LogP contribution in [0.15, 0.2) is 41.3 Å². The minimum atomic E-state index is -1.16. The molecule has 0 spiro atoms. The summed E-state index contributed by atoms with van der Waals surface area (Å²) in [6.07, 6.45) is 0. The molecule has 106 valence electrons. The summed E-state index contributed by atoms with van der Waals surface area (Å²) in [6, 6.07) is 11.3. The van der Waals surface area contributed by atoms with Crippen molar-refractivity contribution in [2.24, 2.45) is 0 Å². The third-order valence-electron chi connectivity index (χ3n) is 3.35. The van der Waals surface area contributed by atoms with E-state index < -0.39 is 10.8 Å². The summed E-state index contributed by atoms with van der Waals surface area (Å²) in [4.78, 5) is 0.685. The van der Waals surface area contributed by atoms with Gasteiger partial charge in [0, 0.05) is 11.8 Å². The van der Waals surface area contributed by atoms with Crippen LogP contribution in [0.2, 0.25) is 0 Å². The molecule has 2 rings (SSSR count). The quantitative estimate of drug-likeness (QED) is 0.879. The summed E-state index contributed by atoms with van der Waals surface area (Å²) in [5, 5.41) is 0. The molecule has 0 fully saturated rings. The molecule has 0 aliphatic heterocycles. The molecule has 0 bridgehead atoms. The van der Waals surface area contributed by atoms with Crippen molar-refractivity contribution in [1.82, 2.24) is 0 Å². The summed E-state index contributed by atoms with van der Waals surface area (Å²) < 4.78 is 17.9. The van der Waals surface area contributed by atoms with Gasteiger partial charge in [-0.15, -0.1) is 0 Å². The van der Waals surface area contributed by atoms with Crippen LogP contribution in [0.25, 0.3) is 0 Å². The van der Waals surface area contributed by atoms with E-state index in [1.807, 2.05) is 32.0 Å². The highest BCUT2D eigenvalue weighted by Gasteiger charge is 2.14. The highest BCUT2D eigenvalue weighted by Crippen LogP contribution is 2.27. The standard InChI is InChI=1S/C16H19NO2S/c1-11-5-4-6-12(2)14(11)10-20(18)16-8-7-13(17)9-15(16)19-3/h4-9H,10,17H2,1-3H3. The molecule has 0 aliphatic rings. The zero-order valence-corrected chi connectivity index (χ0v) is 12.8. The maximum atomic E-state index is 12.6. The monoisotopic (exact) mass is 289 g/mol. The minimum absolute atomic E-state index is 0.485. The fraction of sp³-hybridized carbons (Fsp3) is 0.250. The summed E-state index contributed by atoms with van der Waals surface area (Å²) in [5.74, 6) is 1.06. The van der Waals surface area contributed by atoms with E-state index in [1.165, 1.54) is 0 Å². The van der Waals surface area contributed by atoms with Crippen molar-refractivity contribution in [3.63, 3.8) is 0 Å². The number of hydrogen-bond acceptors (Lipinski definition) is 3. The third kappa shape index (κ3) is 3.02. The molecule has 0 heterocycles. The molecule has 0 amide bonds. The van der Waals surface area contributed by atoms with Gasteiger partial charge in [-0.3, -0.25) is 4.21 Å². The molecule has 0 saturated heterocycles. The molecule has 0 aliphatic carbocycles. The van der Waals surface area contributed by atoms with Gasteiger partial charge >= 0.3 is 0 Å². The SMILES string of the molecule is COc1cc(N)ccc1S(=O)Cc1c(C)cccc1C. The number of anilines is 1. The summed E-state index contributed by atoms with van der Waals surface area (Å²) in [5.41, 5.74) is 9.78. The fourth-order valence-corrected chi connectivity index (χ4v) is 3.62. The molecule has 0 radical (unpaired) electrons. The van der Waals surface area contributed by atoms with Crippen molar-refractivity contribution < 1.29 is 8.95 Å². The Kier molecular flexibility index (Phi) is 4.45. The zero-order chi connectivity index (χ0) is 14.7. The van der Waals surface area contributed by atoms with E-state index in [1.54, 1.807) is 25.3 Å². The number of methoxy groups -OCH3 is 1. The maximum Gasteiger partial charge on any atom is 0.137 e. The molecule has 2 aromatic rings. The van der Waals surface area contributed by atoms with E-state index in [4.69, 9.17) is 10.5 Å². The summed E-state index contributed by atoms with van der Waals surface area (Å²) in [6.45, 7) is 4.08. The van der Waals surface area contributed by atoms with Crippen LogP contribution in [0.4, 0.5) is 5.69 Å². The Hall–Kier alpha value is -1.81. The molecule has 1 atom stereocenters. The normalized spacial score (nSPS) is 12.2. The van der Waals surface area contributed by atoms with E-state index in [-0.39, 0.29) is 0 Å². The molecule has 2 aromatic carbocycles. The molecule has 3 nitrogen and oxygen atoms in total. The number of nitrogen functional groups attached to an aromatic ring is 1. The fourth-order valence-electron chi connectivity index (χ4n) is 2.16. The van der Waals surface area contributed by atoms with Crippen LogP contribution in [0.1, 0.15) is 16.7 Å². The largest absolute Gasteiger partial charge is 0.495 e. The third-order valence-corrected chi connectivity index (χ3v) is 4.73. The van der Waals surface area contributed by atoms with Crippen LogP contribution >= 0.6 is 0 Å². The minimum Gasteiger partial charge on any atom is -0.495 e. The Morgan fingerprint density at radius 1 is 1.15 bits per heavy atom. The van der Waals surface area contributed by atoms with Crippen LogP contribution in [0.5, 0.6) is 5.75 Å². The van der Waals surface area contributed by atoms with Crippen LogP contribution < -0.4 is 10.5 Å². The molecular weight excluding hydrogens is 270 g/mol. The van der Waals surface area contributed by atoms with Crippen molar-refractivity contribution >= 4 is 16.5 Å². The average molecular weight is 289 g/mol. The predicted molar refractivity (Wildman–Crippen MR) is 83.4 cm³/mol.